The van der Waals surface area contributed by atoms with Gasteiger partial charge in [-0.1, -0.05) is 0 Å². The van der Waals surface area contributed by atoms with Crippen LogP contribution in [-0.4, -0.2) is 19.0 Å². The van der Waals surface area contributed by atoms with Crippen molar-refractivity contribution in [2.24, 2.45) is 0 Å². The molecule has 0 heterocycles. The van der Waals surface area contributed by atoms with Gasteiger partial charge in [-0.05, 0) is 0 Å². The molecule has 2 radical (unpaired) electrons. The minimum atomic E-state index is -0.390. The molecule has 0 aliphatic heterocycles. The predicted molar refractivity (Wildman–Crippen MR) is 25.3 cm³/mol. The minimum Gasteiger partial charge on any atom is -0.300 e. The largest absolute Gasteiger partial charge is 0.300 e. The van der Waals surface area contributed by atoms with E-state index in [4.69, 9.17) is 0 Å². The van der Waals surface area contributed by atoms with Gasteiger partial charge in [0.1, 0.15) is 5.78 Å². The van der Waals surface area contributed by atoms with Crippen molar-refractivity contribution < 1.29 is 15.0 Å². The number of rotatable bonds is 4. The SMILES string of the molecule is [O]CCC(=O)CC[O]. The molecular weight excluding hydrogens is 108 g/mol. The Bertz CT molecular complexity index is 62.1. The van der Waals surface area contributed by atoms with Gasteiger partial charge in [-0.25, -0.2) is 10.2 Å². The topological polar surface area (TPSA) is 56.9 Å². The van der Waals surface area contributed by atoms with Crippen LogP contribution in [0.2, 0.25) is 0 Å². The van der Waals surface area contributed by atoms with Crippen molar-refractivity contribution in [3.05, 3.63) is 0 Å². The average Bonchev–Trinajstić information content (AvgIpc) is 1.68. The van der Waals surface area contributed by atoms with Crippen molar-refractivity contribution in [1.82, 2.24) is 0 Å². The van der Waals surface area contributed by atoms with E-state index in [1.807, 2.05) is 0 Å². The molecule has 0 N–H and O–H groups in total. The van der Waals surface area contributed by atoms with Crippen LogP contribution in [0.3, 0.4) is 0 Å². The van der Waals surface area contributed by atoms with Gasteiger partial charge in [0, 0.05) is 12.8 Å². The summed E-state index contributed by atoms with van der Waals surface area (Å²) in [5.41, 5.74) is 0. The second-order valence-corrected chi connectivity index (χ2v) is 1.45. The molecule has 0 spiro atoms. The zero-order valence-corrected chi connectivity index (χ0v) is 4.55. The van der Waals surface area contributed by atoms with Crippen molar-refractivity contribution in [2.75, 3.05) is 13.2 Å². The molecule has 0 aromatic heterocycles. The molecule has 0 rings (SSSR count). The van der Waals surface area contributed by atoms with Crippen LogP contribution in [0, 0.1) is 0 Å². The highest BCUT2D eigenvalue weighted by Gasteiger charge is 1.98. The number of carbonyl (C=O) groups is 1. The quantitative estimate of drug-likeness (QED) is 0.517. The van der Waals surface area contributed by atoms with Crippen LogP contribution in [0.4, 0.5) is 0 Å². The number of hydrogen-bond donors (Lipinski definition) is 0. The van der Waals surface area contributed by atoms with Gasteiger partial charge in [0.2, 0.25) is 0 Å². The van der Waals surface area contributed by atoms with Gasteiger partial charge in [0.05, 0.1) is 13.2 Å². The number of carbonyl (C=O) groups excluding carboxylic acids is 1. The number of hydrogen-bond acceptors (Lipinski definition) is 1. The van der Waals surface area contributed by atoms with Crippen molar-refractivity contribution in [1.29, 1.82) is 0 Å². The first-order valence-corrected chi connectivity index (χ1v) is 2.49. The Morgan fingerprint density at radius 3 is 1.62 bits per heavy atom. The van der Waals surface area contributed by atoms with Gasteiger partial charge in [-0.2, -0.15) is 0 Å². The summed E-state index contributed by atoms with van der Waals surface area (Å²) < 4.78 is 0. The van der Waals surface area contributed by atoms with E-state index in [0.717, 1.165) is 0 Å². The Kier molecular flexibility index (Phi) is 4.50. The van der Waals surface area contributed by atoms with Gasteiger partial charge in [0.25, 0.3) is 0 Å². The smallest absolute Gasteiger partial charge is 0.137 e. The van der Waals surface area contributed by atoms with E-state index in [9.17, 15) is 15.0 Å². The van der Waals surface area contributed by atoms with Crippen molar-refractivity contribution in [2.45, 2.75) is 12.8 Å². The molecule has 8 heavy (non-hydrogen) atoms. The van der Waals surface area contributed by atoms with Gasteiger partial charge >= 0.3 is 0 Å². The Morgan fingerprint density at radius 1 is 1.00 bits per heavy atom. The third kappa shape index (κ3) is 3.77. The van der Waals surface area contributed by atoms with E-state index in [0.29, 0.717) is 0 Å². The zero-order chi connectivity index (χ0) is 6.41. The van der Waals surface area contributed by atoms with Crippen LogP contribution < -0.4 is 0 Å². The summed E-state index contributed by atoms with van der Waals surface area (Å²) in [5.74, 6) is -0.213. The summed E-state index contributed by atoms with van der Waals surface area (Å²) in [6, 6.07) is 0. The lowest BCUT2D eigenvalue weighted by Crippen LogP contribution is -2.01. The summed E-state index contributed by atoms with van der Waals surface area (Å²) >= 11 is 0. The van der Waals surface area contributed by atoms with Crippen LogP contribution in [0.25, 0.3) is 0 Å². The Balaban J connectivity index is 3.06. The number of ketones is 1. The zero-order valence-electron chi connectivity index (χ0n) is 4.55. The fraction of sp³-hybridized carbons (Fsp3) is 0.800. The maximum absolute atomic E-state index is 10.2. The summed E-state index contributed by atoms with van der Waals surface area (Å²) in [7, 11) is 0. The highest BCUT2D eigenvalue weighted by Crippen LogP contribution is 1.86. The van der Waals surface area contributed by atoms with Crippen LogP contribution in [-0.2, 0) is 15.0 Å². The molecule has 0 saturated carbocycles. The van der Waals surface area contributed by atoms with E-state index in [-0.39, 0.29) is 18.6 Å². The lowest BCUT2D eigenvalue weighted by atomic mass is 10.2. The first-order valence-electron chi connectivity index (χ1n) is 2.49. The molecule has 3 heteroatoms. The first kappa shape index (κ1) is 7.59. The van der Waals surface area contributed by atoms with Gasteiger partial charge in [0.15, 0.2) is 0 Å². The molecule has 0 amide bonds. The monoisotopic (exact) mass is 116 g/mol. The summed E-state index contributed by atoms with van der Waals surface area (Å²) in [6.45, 7) is -0.780. The molecule has 3 nitrogen and oxygen atoms in total. The van der Waals surface area contributed by atoms with Gasteiger partial charge < -0.3 is 0 Å². The summed E-state index contributed by atoms with van der Waals surface area (Å²) in [4.78, 5) is 10.2. The van der Waals surface area contributed by atoms with E-state index in [1.54, 1.807) is 0 Å². The molecular formula is C5H8O3. The summed E-state index contributed by atoms with van der Waals surface area (Å²) in [5, 5.41) is 19.4. The van der Waals surface area contributed by atoms with Crippen molar-refractivity contribution in [3.8, 4) is 0 Å². The molecule has 0 saturated heterocycles. The van der Waals surface area contributed by atoms with Crippen LogP contribution >= 0.6 is 0 Å². The van der Waals surface area contributed by atoms with Crippen molar-refractivity contribution >= 4 is 5.78 Å². The maximum Gasteiger partial charge on any atom is 0.137 e. The number of Topliss-reactive ketones (excluding diaryl/α,β-unsaturated/α-hetero) is 1. The summed E-state index contributed by atoms with van der Waals surface area (Å²) in [6.07, 6.45) is 0.0322. The third-order valence-corrected chi connectivity index (χ3v) is 0.762. The van der Waals surface area contributed by atoms with Gasteiger partial charge in [-0.3, -0.25) is 4.79 Å². The molecule has 0 aliphatic carbocycles. The predicted octanol–water partition coefficient (Wildman–Crippen LogP) is 0.197. The molecule has 46 valence electrons. The van der Waals surface area contributed by atoms with E-state index in [2.05, 4.69) is 0 Å². The molecule has 0 aliphatic rings. The van der Waals surface area contributed by atoms with E-state index in [1.165, 1.54) is 0 Å². The lowest BCUT2D eigenvalue weighted by molar-refractivity contribution is -0.121. The van der Waals surface area contributed by atoms with E-state index >= 15 is 0 Å². The van der Waals surface area contributed by atoms with Gasteiger partial charge in [-0.15, -0.1) is 0 Å². The highest BCUT2D eigenvalue weighted by atomic mass is 16.3. The Morgan fingerprint density at radius 2 is 1.38 bits per heavy atom. The lowest BCUT2D eigenvalue weighted by Gasteiger charge is -1.88. The normalized spacial score (nSPS) is 9.25. The molecule has 0 aromatic carbocycles. The van der Waals surface area contributed by atoms with E-state index < -0.39 is 13.2 Å². The molecule has 0 aromatic rings. The third-order valence-electron chi connectivity index (χ3n) is 0.762. The highest BCUT2D eigenvalue weighted by molar-refractivity contribution is 5.78. The standard InChI is InChI=1S/C5H8O3/c6-3-1-5(8)2-4-7/h1-4H2. The minimum absolute atomic E-state index is 0.0161. The molecule has 0 atom stereocenters. The Hall–Kier alpha value is -0.410. The fourth-order valence-electron chi connectivity index (χ4n) is 0.353. The van der Waals surface area contributed by atoms with Crippen LogP contribution in [0.1, 0.15) is 12.8 Å². The maximum atomic E-state index is 10.2. The molecule has 0 unspecified atom stereocenters. The van der Waals surface area contributed by atoms with Crippen molar-refractivity contribution in [3.63, 3.8) is 0 Å². The second-order valence-electron chi connectivity index (χ2n) is 1.45. The first-order chi connectivity index (χ1) is 3.81. The van der Waals surface area contributed by atoms with Crippen LogP contribution in [0.5, 0.6) is 0 Å². The molecule has 0 bridgehead atoms. The van der Waals surface area contributed by atoms with Crippen LogP contribution in [0.15, 0.2) is 0 Å². The Labute approximate surface area is 47.9 Å². The average molecular weight is 116 g/mol. The fourth-order valence-corrected chi connectivity index (χ4v) is 0.353. The molecule has 0 fully saturated rings. The second kappa shape index (κ2) is 4.74.